The first-order valence-corrected chi connectivity index (χ1v) is 4.30. The first-order valence-electron chi connectivity index (χ1n) is 3.14. The van der Waals surface area contributed by atoms with E-state index in [0.717, 1.165) is 31.4 Å². The van der Waals surface area contributed by atoms with Crippen molar-refractivity contribution in [1.82, 2.24) is 5.32 Å². The molecule has 0 bridgehead atoms. The average Bonchev–Trinajstić information content (AvgIpc) is 2.10. The van der Waals surface area contributed by atoms with Crippen LogP contribution in [0.5, 0.6) is 0 Å². The number of thioether (sulfide) groups is 1. The van der Waals surface area contributed by atoms with Crippen molar-refractivity contribution < 1.29 is 9.90 Å². The van der Waals surface area contributed by atoms with Gasteiger partial charge in [-0.1, -0.05) is 0 Å². The van der Waals surface area contributed by atoms with E-state index in [9.17, 15) is 4.79 Å². The van der Waals surface area contributed by atoms with Crippen LogP contribution in [0.25, 0.3) is 0 Å². The number of hydrogen-bond donors (Lipinski definition) is 2. The van der Waals surface area contributed by atoms with Crippen molar-refractivity contribution in [3.8, 4) is 0 Å². The fourth-order valence-corrected chi connectivity index (χ4v) is 1.56. The van der Waals surface area contributed by atoms with Gasteiger partial charge in [0.15, 0.2) is 0 Å². The van der Waals surface area contributed by atoms with Gasteiger partial charge in [-0.2, -0.15) is 0 Å². The van der Waals surface area contributed by atoms with Crippen LogP contribution in [0.1, 0.15) is 6.42 Å². The summed E-state index contributed by atoms with van der Waals surface area (Å²) in [7, 11) is 1.00. The van der Waals surface area contributed by atoms with Crippen molar-refractivity contribution in [1.29, 1.82) is 0 Å². The van der Waals surface area contributed by atoms with E-state index in [-0.39, 0.29) is 6.04 Å². The Morgan fingerprint density at radius 3 is 2.70 bits per heavy atom. The van der Waals surface area contributed by atoms with E-state index in [1.165, 1.54) is 0 Å². The number of aliphatic hydroxyl groups is 1. The summed E-state index contributed by atoms with van der Waals surface area (Å²) in [5.74, 6) is 2.06. The summed E-state index contributed by atoms with van der Waals surface area (Å²) in [5, 5.41) is 10.1. The van der Waals surface area contributed by atoms with Crippen LogP contribution in [-0.4, -0.2) is 36.2 Å². The molecule has 0 radical (unpaired) electrons. The molecule has 0 aromatic rings. The van der Waals surface area contributed by atoms with Crippen LogP contribution in [0.2, 0.25) is 0 Å². The van der Waals surface area contributed by atoms with Gasteiger partial charge in [0, 0.05) is 13.0 Å². The second-order valence-electron chi connectivity index (χ2n) is 1.79. The molecule has 0 spiro atoms. The van der Waals surface area contributed by atoms with E-state index in [2.05, 4.69) is 5.32 Å². The third-order valence-electron chi connectivity index (χ3n) is 1.19. The Bertz CT molecular complexity index is 83.8. The first-order chi connectivity index (χ1) is 4.93. The second kappa shape index (κ2) is 7.05. The van der Waals surface area contributed by atoms with E-state index in [4.69, 9.17) is 5.11 Å². The number of carbonyl (C=O) groups excluding carboxylic acids is 1. The summed E-state index contributed by atoms with van der Waals surface area (Å²) < 4.78 is 0. The average molecular weight is 163 g/mol. The van der Waals surface area contributed by atoms with Gasteiger partial charge in [0.1, 0.15) is 6.29 Å². The molecule has 3 nitrogen and oxygen atoms in total. The van der Waals surface area contributed by atoms with Crippen LogP contribution in [0, 0.1) is 0 Å². The summed E-state index contributed by atoms with van der Waals surface area (Å²) in [6, 6.07) is 0.135. The number of nitrogens with one attached hydrogen (secondary N) is 1. The van der Waals surface area contributed by atoms with E-state index < -0.39 is 0 Å². The third kappa shape index (κ3) is 3.87. The Hall–Kier alpha value is -0.0600. The number of aldehydes is 1. The van der Waals surface area contributed by atoms with Crippen molar-refractivity contribution in [3.63, 3.8) is 0 Å². The van der Waals surface area contributed by atoms with Crippen molar-refractivity contribution in [2.45, 2.75) is 12.5 Å². The van der Waals surface area contributed by atoms with Gasteiger partial charge >= 0.3 is 0 Å². The lowest BCUT2D eigenvalue weighted by atomic mass is 10.2. The third-order valence-corrected chi connectivity index (χ3v) is 2.08. The molecular formula is C6H13NO2S. The number of aliphatic hydroxyl groups excluding tert-OH is 1. The maximum Gasteiger partial charge on any atom is 0.136 e. The molecule has 0 amide bonds. The minimum Gasteiger partial charge on any atom is -0.400 e. The van der Waals surface area contributed by atoms with Crippen LogP contribution in [0.3, 0.4) is 0 Å². The quantitative estimate of drug-likeness (QED) is 0.528. The van der Waals surface area contributed by atoms with Crippen LogP contribution < -0.4 is 5.32 Å². The van der Waals surface area contributed by atoms with Crippen LogP contribution in [-0.2, 0) is 4.79 Å². The molecule has 1 rings (SSSR count). The normalized spacial score (nSPS) is 24.4. The molecule has 0 aromatic heterocycles. The number of carbonyl (C=O) groups is 1. The molecule has 0 aromatic carbocycles. The molecule has 1 unspecified atom stereocenters. The Balaban J connectivity index is 0.000000371. The molecule has 0 saturated carbocycles. The summed E-state index contributed by atoms with van der Waals surface area (Å²) in [5.41, 5.74) is 0. The monoisotopic (exact) mass is 163 g/mol. The Labute approximate surface area is 65.2 Å². The molecular weight excluding hydrogens is 150 g/mol. The van der Waals surface area contributed by atoms with Gasteiger partial charge in [0.25, 0.3) is 0 Å². The van der Waals surface area contributed by atoms with Gasteiger partial charge in [0.05, 0.1) is 6.04 Å². The highest BCUT2D eigenvalue weighted by Crippen LogP contribution is 2.07. The SMILES string of the molecule is CO.O=CC1CCSCN1. The van der Waals surface area contributed by atoms with Gasteiger partial charge < -0.3 is 9.90 Å². The molecule has 1 heterocycles. The standard InChI is InChI=1S/C5H9NOS.CH4O/c7-3-5-1-2-8-4-6-5;1-2/h3,5-6H,1-2,4H2;2H,1H3. The first kappa shape index (κ1) is 9.94. The highest BCUT2D eigenvalue weighted by molar-refractivity contribution is 7.99. The molecule has 1 fully saturated rings. The Morgan fingerprint density at radius 1 is 1.70 bits per heavy atom. The predicted molar refractivity (Wildman–Crippen MR) is 43.1 cm³/mol. The smallest absolute Gasteiger partial charge is 0.136 e. The molecule has 1 atom stereocenters. The summed E-state index contributed by atoms with van der Waals surface area (Å²) >= 11 is 1.84. The summed E-state index contributed by atoms with van der Waals surface area (Å²) in [6.07, 6.45) is 1.98. The number of rotatable bonds is 1. The molecule has 1 saturated heterocycles. The fraction of sp³-hybridized carbons (Fsp3) is 0.833. The minimum atomic E-state index is 0.135. The lowest BCUT2D eigenvalue weighted by Crippen LogP contribution is -2.34. The lowest BCUT2D eigenvalue weighted by Gasteiger charge is -2.16. The molecule has 10 heavy (non-hydrogen) atoms. The van der Waals surface area contributed by atoms with Gasteiger partial charge in [-0.15, -0.1) is 11.8 Å². The van der Waals surface area contributed by atoms with Crippen LogP contribution in [0.4, 0.5) is 0 Å². The second-order valence-corrected chi connectivity index (χ2v) is 2.89. The highest BCUT2D eigenvalue weighted by atomic mass is 32.2. The van der Waals surface area contributed by atoms with Gasteiger partial charge in [-0.25, -0.2) is 0 Å². The van der Waals surface area contributed by atoms with E-state index in [0.29, 0.717) is 0 Å². The Kier molecular flexibility index (Phi) is 7.01. The van der Waals surface area contributed by atoms with Gasteiger partial charge in [0.2, 0.25) is 0 Å². The summed E-state index contributed by atoms with van der Waals surface area (Å²) in [6.45, 7) is 0. The van der Waals surface area contributed by atoms with Crippen molar-refractivity contribution >= 4 is 18.0 Å². The maximum absolute atomic E-state index is 10.1. The lowest BCUT2D eigenvalue weighted by molar-refractivity contribution is -0.109. The van der Waals surface area contributed by atoms with Crippen molar-refractivity contribution in [3.05, 3.63) is 0 Å². The maximum atomic E-state index is 10.1. The van der Waals surface area contributed by atoms with Gasteiger partial charge in [-0.05, 0) is 12.2 Å². The molecule has 60 valence electrons. The van der Waals surface area contributed by atoms with E-state index in [1.807, 2.05) is 11.8 Å². The van der Waals surface area contributed by atoms with Crippen molar-refractivity contribution in [2.24, 2.45) is 0 Å². The Morgan fingerprint density at radius 2 is 2.40 bits per heavy atom. The zero-order valence-electron chi connectivity index (χ0n) is 6.04. The largest absolute Gasteiger partial charge is 0.400 e. The molecule has 1 aliphatic heterocycles. The number of hydrogen-bond acceptors (Lipinski definition) is 4. The highest BCUT2D eigenvalue weighted by Gasteiger charge is 2.09. The minimum absolute atomic E-state index is 0.135. The fourth-order valence-electron chi connectivity index (χ4n) is 0.667. The van der Waals surface area contributed by atoms with E-state index >= 15 is 0 Å². The molecule has 0 aliphatic carbocycles. The zero-order valence-corrected chi connectivity index (χ0v) is 6.86. The van der Waals surface area contributed by atoms with Crippen molar-refractivity contribution in [2.75, 3.05) is 18.7 Å². The zero-order chi connectivity index (χ0) is 7.82. The summed E-state index contributed by atoms with van der Waals surface area (Å²) in [4.78, 5) is 10.1. The van der Waals surface area contributed by atoms with E-state index in [1.54, 1.807) is 0 Å². The van der Waals surface area contributed by atoms with Gasteiger partial charge in [-0.3, -0.25) is 5.32 Å². The predicted octanol–water partition coefficient (Wildman–Crippen LogP) is -0.154. The molecule has 2 N–H and O–H groups in total. The van der Waals surface area contributed by atoms with Crippen LogP contribution >= 0.6 is 11.8 Å². The molecule has 4 heteroatoms. The van der Waals surface area contributed by atoms with Crippen LogP contribution in [0.15, 0.2) is 0 Å². The topological polar surface area (TPSA) is 49.3 Å². The molecule has 1 aliphatic rings.